The number of carbonyl (C=O) groups is 3. The van der Waals surface area contributed by atoms with Crippen LogP contribution in [0.2, 0.25) is 0 Å². The molecule has 200 valence electrons. The Morgan fingerprint density at radius 3 is 2.19 bits per heavy atom. The number of likely N-dealkylation sites (N-methyl/N-ethyl adjacent to an activating group) is 2. The first-order chi connectivity index (χ1) is 16.5. The third kappa shape index (κ3) is 6.71. The highest BCUT2D eigenvalue weighted by atomic mass is 32.2. The van der Waals surface area contributed by atoms with Crippen molar-refractivity contribution in [2.45, 2.75) is 83.6 Å². The van der Waals surface area contributed by atoms with Crippen molar-refractivity contribution >= 4 is 29.5 Å². The molecule has 1 unspecified atom stereocenters. The van der Waals surface area contributed by atoms with E-state index in [-0.39, 0.29) is 33.4 Å². The average Bonchev–Trinajstić information content (AvgIpc) is 3.02. The van der Waals surface area contributed by atoms with Crippen LogP contribution in [0.15, 0.2) is 42.0 Å². The summed E-state index contributed by atoms with van der Waals surface area (Å²) in [7, 11) is 3.63. The standard InChI is InChI=1S/C28H43N3O4S/c1-17(2)20(16-18(3)26(34)35)30(9)24(33)21(27(4,5)6)29-23(32)22-28(7,8)36-25(31(22)10)19-14-12-11-13-15-19/h11-17,20-22,25H,1-10H3,(H,29,32)(H,34,35)/t20-,21+,22?,25+/m1/s1. The van der Waals surface area contributed by atoms with Crippen LogP contribution in [0.4, 0.5) is 0 Å². The molecule has 2 amide bonds. The lowest BCUT2D eigenvalue weighted by atomic mass is 9.84. The molecule has 1 aliphatic heterocycles. The summed E-state index contributed by atoms with van der Waals surface area (Å²) in [4.78, 5) is 42.6. The van der Waals surface area contributed by atoms with E-state index < -0.39 is 29.5 Å². The van der Waals surface area contributed by atoms with Crippen LogP contribution < -0.4 is 5.32 Å². The first kappa shape index (κ1) is 29.9. The zero-order chi connectivity index (χ0) is 27.6. The highest BCUT2D eigenvalue weighted by Crippen LogP contribution is 2.51. The number of hydrogen-bond donors (Lipinski definition) is 2. The van der Waals surface area contributed by atoms with E-state index >= 15 is 0 Å². The Bertz CT molecular complexity index is 984. The smallest absolute Gasteiger partial charge is 0.331 e. The topological polar surface area (TPSA) is 90.0 Å². The van der Waals surface area contributed by atoms with Crippen LogP contribution in [0, 0.1) is 11.3 Å². The van der Waals surface area contributed by atoms with E-state index in [2.05, 4.69) is 36.2 Å². The van der Waals surface area contributed by atoms with Gasteiger partial charge in [0.05, 0.1) is 11.4 Å². The van der Waals surface area contributed by atoms with Gasteiger partial charge in [-0.25, -0.2) is 4.79 Å². The second-order valence-electron chi connectivity index (χ2n) is 11.7. The lowest BCUT2D eigenvalue weighted by Gasteiger charge is -2.39. The van der Waals surface area contributed by atoms with Crippen molar-refractivity contribution in [3.05, 3.63) is 47.5 Å². The third-order valence-electron chi connectivity index (χ3n) is 6.82. The van der Waals surface area contributed by atoms with E-state index in [0.717, 1.165) is 5.56 Å². The van der Waals surface area contributed by atoms with Crippen molar-refractivity contribution in [3.8, 4) is 0 Å². The third-order valence-corrected chi connectivity index (χ3v) is 8.48. The lowest BCUT2D eigenvalue weighted by Crippen LogP contribution is -2.60. The average molecular weight is 518 g/mol. The van der Waals surface area contributed by atoms with Gasteiger partial charge in [0.1, 0.15) is 12.1 Å². The summed E-state index contributed by atoms with van der Waals surface area (Å²) >= 11 is 1.74. The molecular formula is C28H43N3O4S. The van der Waals surface area contributed by atoms with E-state index in [1.165, 1.54) is 6.92 Å². The van der Waals surface area contributed by atoms with Gasteiger partial charge >= 0.3 is 5.97 Å². The molecule has 2 N–H and O–H groups in total. The summed E-state index contributed by atoms with van der Waals surface area (Å²) in [5.74, 6) is -1.45. The number of carboxylic acids is 1. The highest BCUT2D eigenvalue weighted by molar-refractivity contribution is 8.01. The molecule has 0 radical (unpaired) electrons. The van der Waals surface area contributed by atoms with Gasteiger partial charge < -0.3 is 15.3 Å². The molecule has 0 spiro atoms. The molecule has 1 fully saturated rings. The number of nitrogens with one attached hydrogen (secondary N) is 1. The van der Waals surface area contributed by atoms with Gasteiger partial charge in [-0.3, -0.25) is 14.5 Å². The zero-order valence-corrected chi connectivity index (χ0v) is 24.1. The van der Waals surface area contributed by atoms with Crippen LogP contribution in [0.3, 0.4) is 0 Å². The second kappa shape index (κ2) is 11.4. The normalized spacial score (nSPS) is 22.2. The molecule has 8 heteroatoms. The SMILES string of the molecule is CC(=C[C@H](C(C)C)N(C)C(=O)[C@H](NC(=O)C1N(C)[C@H](c2ccccc2)SC1(C)C)C(C)(C)C)C(=O)O. The minimum Gasteiger partial charge on any atom is -0.478 e. The largest absolute Gasteiger partial charge is 0.478 e. The summed E-state index contributed by atoms with van der Waals surface area (Å²) in [5, 5.41) is 12.5. The van der Waals surface area contributed by atoms with Gasteiger partial charge in [0, 0.05) is 17.4 Å². The van der Waals surface area contributed by atoms with E-state index in [1.54, 1.807) is 29.8 Å². The fourth-order valence-corrected chi connectivity index (χ4v) is 6.34. The molecule has 7 nitrogen and oxygen atoms in total. The number of nitrogens with zero attached hydrogens (tertiary/aromatic N) is 2. The number of aliphatic carboxylic acids is 1. The quantitative estimate of drug-likeness (QED) is 0.492. The predicted molar refractivity (Wildman–Crippen MR) is 147 cm³/mol. The lowest BCUT2D eigenvalue weighted by molar-refractivity contribution is -0.141. The molecule has 1 aromatic rings. The summed E-state index contributed by atoms with van der Waals surface area (Å²) in [6, 6.07) is 8.48. The molecule has 0 aromatic heterocycles. The molecule has 36 heavy (non-hydrogen) atoms. The van der Waals surface area contributed by atoms with Gasteiger partial charge in [0.15, 0.2) is 0 Å². The summed E-state index contributed by atoms with van der Waals surface area (Å²) in [6.07, 6.45) is 1.61. The van der Waals surface area contributed by atoms with Gasteiger partial charge in [0.2, 0.25) is 11.8 Å². The van der Waals surface area contributed by atoms with Gasteiger partial charge in [0.25, 0.3) is 0 Å². The maximum atomic E-state index is 13.8. The number of thioether (sulfide) groups is 1. The van der Waals surface area contributed by atoms with Crippen molar-refractivity contribution in [3.63, 3.8) is 0 Å². The molecule has 4 atom stereocenters. The number of benzene rings is 1. The Morgan fingerprint density at radius 1 is 1.17 bits per heavy atom. The maximum absolute atomic E-state index is 13.8. The van der Waals surface area contributed by atoms with E-state index in [0.29, 0.717) is 0 Å². The second-order valence-corrected chi connectivity index (χ2v) is 13.4. The summed E-state index contributed by atoms with van der Waals surface area (Å²) in [5.41, 5.74) is 0.765. The number of rotatable bonds is 8. The van der Waals surface area contributed by atoms with Crippen molar-refractivity contribution in [2.24, 2.45) is 11.3 Å². The molecule has 2 rings (SSSR count). The zero-order valence-electron chi connectivity index (χ0n) is 23.3. The van der Waals surface area contributed by atoms with Gasteiger partial charge in [-0.15, -0.1) is 11.8 Å². The molecule has 0 saturated carbocycles. The molecule has 1 saturated heterocycles. The van der Waals surface area contributed by atoms with Crippen molar-refractivity contribution in [2.75, 3.05) is 14.1 Å². The first-order valence-corrected chi connectivity index (χ1v) is 13.3. The molecule has 1 aliphatic rings. The van der Waals surface area contributed by atoms with Crippen molar-refractivity contribution < 1.29 is 19.5 Å². The van der Waals surface area contributed by atoms with Crippen LogP contribution in [0.25, 0.3) is 0 Å². The molecule has 0 aliphatic carbocycles. The molecule has 1 aromatic carbocycles. The fourth-order valence-electron chi connectivity index (χ4n) is 4.78. The van der Waals surface area contributed by atoms with Crippen molar-refractivity contribution in [1.82, 2.24) is 15.1 Å². The van der Waals surface area contributed by atoms with Crippen LogP contribution >= 0.6 is 11.8 Å². The maximum Gasteiger partial charge on any atom is 0.331 e. The van der Waals surface area contributed by atoms with Crippen LogP contribution in [0.1, 0.15) is 66.3 Å². The van der Waals surface area contributed by atoms with Crippen LogP contribution in [-0.2, 0) is 14.4 Å². The molecular weight excluding hydrogens is 474 g/mol. The monoisotopic (exact) mass is 517 g/mol. The van der Waals surface area contributed by atoms with Crippen LogP contribution in [0.5, 0.6) is 0 Å². The molecule has 0 bridgehead atoms. The number of carbonyl (C=O) groups excluding carboxylic acids is 2. The summed E-state index contributed by atoms with van der Waals surface area (Å²) in [6.45, 7) is 15.3. The number of amides is 2. The van der Waals surface area contributed by atoms with Crippen LogP contribution in [-0.4, -0.2) is 69.7 Å². The molecule has 1 heterocycles. The van der Waals surface area contributed by atoms with E-state index in [4.69, 9.17) is 0 Å². The Hall–Kier alpha value is -2.32. The van der Waals surface area contributed by atoms with Gasteiger partial charge in [-0.1, -0.05) is 71.0 Å². The number of hydrogen-bond acceptors (Lipinski definition) is 5. The van der Waals surface area contributed by atoms with Crippen molar-refractivity contribution in [1.29, 1.82) is 0 Å². The predicted octanol–water partition coefficient (Wildman–Crippen LogP) is 4.56. The Morgan fingerprint density at radius 2 is 1.72 bits per heavy atom. The number of carboxylic acid groups (broad SMARTS) is 1. The Balaban J connectivity index is 2.34. The fraction of sp³-hybridized carbons (Fsp3) is 0.607. The minimum atomic E-state index is -1.01. The minimum absolute atomic E-state index is 0.00695. The Labute approximate surface area is 220 Å². The first-order valence-electron chi connectivity index (χ1n) is 12.4. The highest BCUT2D eigenvalue weighted by Gasteiger charge is 2.51. The Kier molecular flexibility index (Phi) is 9.46. The summed E-state index contributed by atoms with van der Waals surface area (Å²) < 4.78 is -0.376. The van der Waals surface area contributed by atoms with E-state index in [9.17, 15) is 19.5 Å². The van der Waals surface area contributed by atoms with Gasteiger partial charge in [-0.05, 0) is 44.7 Å². The van der Waals surface area contributed by atoms with E-state index in [1.807, 2.05) is 59.9 Å². The van der Waals surface area contributed by atoms with Gasteiger partial charge in [-0.2, -0.15) is 0 Å².